The summed E-state index contributed by atoms with van der Waals surface area (Å²) < 4.78 is 37.7. The maximum Gasteiger partial charge on any atom is 0.255 e. The third-order valence-corrected chi connectivity index (χ3v) is 5.86. The first-order valence-electron chi connectivity index (χ1n) is 7.74. The molecule has 128 valence electrons. The summed E-state index contributed by atoms with van der Waals surface area (Å²) >= 11 is 0. The van der Waals surface area contributed by atoms with Crippen molar-refractivity contribution in [3.63, 3.8) is 0 Å². The van der Waals surface area contributed by atoms with E-state index in [1.165, 1.54) is 18.3 Å². The van der Waals surface area contributed by atoms with Gasteiger partial charge in [0.25, 0.3) is 5.91 Å². The zero-order valence-electron chi connectivity index (χ0n) is 13.2. The SMILES string of the molecule is CCc1c(C(=O)N[C@H]2CCS(=O)(=O)C2)cnn1-c1ccc(F)cc1. The Balaban J connectivity index is 1.84. The van der Waals surface area contributed by atoms with Gasteiger partial charge >= 0.3 is 0 Å². The van der Waals surface area contributed by atoms with E-state index < -0.39 is 9.84 Å². The minimum absolute atomic E-state index is 0.0215. The Morgan fingerprint density at radius 2 is 2.08 bits per heavy atom. The number of carbonyl (C=O) groups excluding carboxylic acids is 1. The molecule has 0 bridgehead atoms. The van der Waals surface area contributed by atoms with Crippen molar-refractivity contribution in [1.29, 1.82) is 0 Å². The highest BCUT2D eigenvalue weighted by Crippen LogP contribution is 2.18. The topological polar surface area (TPSA) is 81.1 Å². The van der Waals surface area contributed by atoms with Gasteiger partial charge in [-0.05, 0) is 37.1 Å². The minimum atomic E-state index is -3.05. The van der Waals surface area contributed by atoms with Gasteiger partial charge < -0.3 is 5.32 Å². The van der Waals surface area contributed by atoms with Crippen LogP contribution in [0.25, 0.3) is 5.69 Å². The Morgan fingerprint density at radius 3 is 2.67 bits per heavy atom. The van der Waals surface area contributed by atoms with Crippen LogP contribution in [0, 0.1) is 5.82 Å². The molecule has 0 spiro atoms. The van der Waals surface area contributed by atoms with Crippen LogP contribution in [0.2, 0.25) is 0 Å². The van der Waals surface area contributed by atoms with E-state index in [0.29, 0.717) is 29.8 Å². The van der Waals surface area contributed by atoms with Gasteiger partial charge in [-0.15, -0.1) is 0 Å². The Morgan fingerprint density at radius 1 is 1.38 bits per heavy atom. The molecule has 0 unspecified atom stereocenters. The van der Waals surface area contributed by atoms with E-state index in [1.54, 1.807) is 16.8 Å². The van der Waals surface area contributed by atoms with Gasteiger partial charge in [0.05, 0.1) is 34.6 Å². The fraction of sp³-hybridized carbons (Fsp3) is 0.375. The summed E-state index contributed by atoms with van der Waals surface area (Å²) in [6, 6.07) is 5.49. The van der Waals surface area contributed by atoms with Crippen LogP contribution in [-0.4, -0.2) is 41.7 Å². The van der Waals surface area contributed by atoms with Crippen molar-refractivity contribution >= 4 is 15.7 Å². The number of halogens is 1. The van der Waals surface area contributed by atoms with E-state index in [9.17, 15) is 17.6 Å². The standard InChI is InChI=1S/C16H18FN3O3S/c1-2-15-14(16(21)19-12-7-8-24(22,23)10-12)9-18-20(15)13-5-3-11(17)4-6-13/h3-6,9,12H,2,7-8,10H2,1H3,(H,19,21)/t12-/m0/s1. The second-order valence-corrected chi connectivity index (χ2v) is 8.05. The Labute approximate surface area is 139 Å². The molecule has 1 aromatic carbocycles. The summed E-state index contributed by atoms with van der Waals surface area (Å²) in [5.74, 6) is -0.591. The highest BCUT2D eigenvalue weighted by molar-refractivity contribution is 7.91. The summed E-state index contributed by atoms with van der Waals surface area (Å²) in [7, 11) is -3.05. The van der Waals surface area contributed by atoms with Gasteiger partial charge in [0, 0.05) is 6.04 Å². The fourth-order valence-corrected chi connectivity index (χ4v) is 4.55. The summed E-state index contributed by atoms with van der Waals surface area (Å²) in [5, 5.41) is 6.99. The molecular formula is C16H18FN3O3S. The first kappa shape index (κ1) is 16.6. The molecule has 1 aromatic heterocycles. The number of rotatable bonds is 4. The van der Waals surface area contributed by atoms with Crippen molar-refractivity contribution in [3.8, 4) is 5.69 Å². The fourth-order valence-electron chi connectivity index (χ4n) is 2.88. The summed E-state index contributed by atoms with van der Waals surface area (Å²) in [4.78, 5) is 12.5. The van der Waals surface area contributed by atoms with Crippen LogP contribution >= 0.6 is 0 Å². The summed E-state index contributed by atoms with van der Waals surface area (Å²) in [6.45, 7) is 1.90. The van der Waals surface area contributed by atoms with Gasteiger partial charge in [-0.25, -0.2) is 17.5 Å². The second kappa shape index (κ2) is 6.35. The lowest BCUT2D eigenvalue weighted by Gasteiger charge is -2.12. The normalized spacial score (nSPS) is 19.3. The lowest BCUT2D eigenvalue weighted by Crippen LogP contribution is -2.35. The van der Waals surface area contributed by atoms with E-state index in [2.05, 4.69) is 10.4 Å². The first-order valence-corrected chi connectivity index (χ1v) is 9.56. The predicted octanol–water partition coefficient (Wildman–Crippen LogP) is 1.49. The summed E-state index contributed by atoms with van der Waals surface area (Å²) in [5.41, 5.74) is 1.77. The molecule has 8 heteroatoms. The average Bonchev–Trinajstić information content (AvgIpc) is 3.11. The van der Waals surface area contributed by atoms with Crippen LogP contribution in [0.4, 0.5) is 4.39 Å². The molecule has 3 rings (SSSR count). The van der Waals surface area contributed by atoms with Gasteiger partial charge in [0.2, 0.25) is 0 Å². The summed E-state index contributed by atoms with van der Waals surface area (Å²) in [6.07, 6.45) is 2.45. The molecule has 1 amide bonds. The molecule has 1 saturated heterocycles. The largest absolute Gasteiger partial charge is 0.348 e. The van der Waals surface area contributed by atoms with Crippen LogP contribution < -0.4 is 5.32 Å². The van der Waals surface area contributed by atoms with Gasteiger partial charge in [0.1, 0.15) is 5.82 Å². The average molecular weight is 351 g/mol. The number of sulfone groups is 1. The Bertz CT molecular complexity index is 859. The number of hydrogen-bond donors (Lipinski definition) is 1. The molecule has 1 aliphatic rings. The van der Waals surface area contributed by atoms with Gasteiger partial charge in [-0.1, -0.05) is 6.92 Å². The molecule has 0 radical (unpaired) electrons. The molecule has 2 heterocycles. The molecule has 1 N–H and O–H groups in total. The van der Waals surface area contributed by atoms with Crippen molar-refractivity contribution in [1.82, 2.24) is 15.1 Å². The molecule has 1 aliphatic heterocycles. The van der Waals surface area contributed by atoms with E-state index in [0.717, 1.165) is 0 Å². The van der Waals surface area contributed by atoms with Crippen LogP contribution in [0.3, 0.4) is 0 Å². The smallest absolute Gasteiger partial charge is 0.255 e. The lowest BCUT2D eigenvalue weighted by molar-refractivity contribution is 0.0940. The van der Waals surface area contributed by atoms with Crippen LogP contribution in [-0.2, 0) is 16.3 Å². The zero-order valence-corrected chi connectivity index (χ0v) is 14.0. The van der Waals surface area contributed by atoms with Crippen molar-refractivity contribution in [3.05, 3.63) is 47.5 Å². The maximum atomic E-state index is 13.1. The number of aromatic nitrogens is 2. The molecule has 2 aromatic rings. The third-order valence-electron chi connectivity index (χ3n) is 4.09. The van der Waals surface area contributed by atoms with E-state index >= 15 is 0 Å². The van der Waals surface area contributed by atoms with E-state index in [-0.39, 0.29) is 29.3 Å². The quantitative estimate of drug-likeness (QED) is 0.905. The first-order chi connectivity index (χ1) is 11.4. The number of amides is 1. The molecule has 0 saturated carbocycles. The Kier molecular flexibility index (Phi) is 4.40. The van der Waals surface area contributed by atoms with Gasteiger partial charge in [0.15, 0.2) is 9.84 Å². The van der Waals surface area contributed by atoms with Crippen molar-refractivity contribution < 1.29 is 17.6 Å². The maximum absolute atomic E-state index is 13.1. The molecule has 24 heavy (non-hydrogen) atoms. The van der Waals surface area contributed by atoms with E-state index in [4.69, 9.17) is 0 Å². The van der Waals surface area contributed by atoms with Crippen molar-refractivity contribution in [2.24, 2.45) is 0 Å². The number of hydrogen-bond acceptors (Lipinski definition) is 4. The number of nitrogens with zero attached hydrogens (tertiary/aromatic N) is 2. The Hall–Kier alpha value is -2.22. The van der Waals surface area contributed by atoms with E-state index in [1.807, 2.05) is 6.92 Å². The minimum Gasteiger partial charge on any atom is -0.348 e. The van der Waals surface area contributed by atoms with Gasteiger partial charge in [-0.2, -0.15) is 5.10 Å². The van der Waals surface area contributed by atoms with Crippen LogP contribution in [0.15, 0.2) is 30.5 Å². The number of benzene rings is 1. The van der Waals surface area contributed by atoms with Crippen LogP contribution in [0.5, 0.6) is 0 Å². The zero-order chi connectivity index (χ0) is 17.3. The van der Waals surface area contributed by atoms with Gasteiger partial charge in [-0.3, -0.25) is 4.79 Å². The monoisotopic (exact) mass is 351 g/mol. The molecule has 0 aliphatic carbocycles. The van der Waals surface area contributed by atoms with Crippen LogP contribution in [0.1, 0.15) is 29.4 Å². The molecule has 6 nitrogen and oxygen atoms in total. The molecule has 1 atom stereocenters. The number of nitrogens with one attached hydrogen (secondary N) is 1. The molecule has 1 fully saturated rings. The number of carbonyl (C=O) groups is 1. The molecular weight excluding hydrogens is 333 g/mol. The lowest BCUT2D eigenvalue weighted by atomic mass is 10.1. The van der Waals surface area contributed by atoms with Crippen molar-refractivity contribution in [2.75, 3.05) is 11.5 Å². The van der Waals surface area contributed by atoms with Crippen molar-refractivity contribution in [2.45, 2.75) is 25.8 Å². The highest BCUT2D eigenvalue weighted by Gasteiger charge is 2.30. The second-order valence-electron chi connectivity index (χ2n) is 5.82. The third kappa shape index (κ3) is 3.33. The highest BCUT2D eigenvalue weighted by atomic mass is 32.2. The predicted molar refractivity (Wildman–Crippen MR) is 87.4 cm³/mol.